The van der Waals surface area contributed by atoms with Crippen molar-refractivity contribution >= 4 is 39.1 Å². The molecule has 0 bridgehead atoms. The summed E-state index contributed by atoms with van der Waals surface area (Å²) in [4.78, 5) is 12.1. The van der Waals surface area contributed by atoms with E-state index in [-0.39, 0.29) is 5.91 Å². The topological polar surface area (TPSA) is 67.1 Å². The van der Waals surface area contributed by atoms with Crippen molar-refractivity contribution in [3.63, 3.8) is 0 Å². The predicted octanol–water partition coefficient (Wildman–Crippen LogP) is 3.32. The smallest absolute Gasteiger partial charge is 0.253 e. The van der Waals surface area contributed by atoms with Crippen LogP contribution in [0.15, 0.2) is 46.9 Å². The van der Waals surface area contributed by atoms with Gasteiger partial charge in [-0.15, -0.1) is 0 Å². The van der Waals surface area contributed by atoms with E-state index < -0.39 is 0 Å². The molecule has 0 atom stereocenters. The first-order valence-corrected chi connectivity index (χ1v) is 7.06. The lowest BCUT2D eigenvalue weighted by atomic mass is 10.1. The van der Waals surface area contributed by atoms with Gasteiger partial charge in [0.25, 0.3) is 5.91 Å². The van der Waals surface area contributed by atoms with Gasteiger partial charge in [0, 0.05) is 16.0 Å². The third-order valence-electron chi connectivity index (χ3n) is 2.75. The minimum atomic E-state index is -0.233. The Balaban J connectivity index is 2.08. The fourth-order valence-electron chi connectivity index (χ4n) is 1.71. The number of carbonyl (C=O) groups is 1. The van der Waals surface area contributed by atoms with Crippen LogP contribution in [0.25, 0.3) is 0 Å². The van der Waals surface area contributed by atoms with Gasteiger partial charge in [0.1, 0.15) is 0 Å². The number of amides is 1. The van der Waals surface area contributed by atoms with Crippen LogP contribution in [-0.2, 0) is 6.54 Å². The molecule has 104 valence electrons. The van der Waals surface area contributed by atoms with Crippen LogP contribution in [-0.4, -0.2) is 5.91 Å². The van der Waals surface area contributed by atoms with Crippen molar-refractivity contribution in [2.75, 3.05) is 5.43 Å². The zero-order chi connectivity index (χ0) is 14.5. The molecular weight excluding hydrogens is 342 g/mol. The molecule has 6 heteroatoms. The molecule has 2 aromatic rings. The molecule has 0 aromatic heterocycles. The first-order valence-electron chi connectivity index (χ1n) is 5.89. The van der Waals surface area contributed by atoms with Crippen LogP contribution in [0, 0.1) is 0 Å². The second-order valence-electron chi connectivity index (χ2n) is 4.14. The highest BCUT2D eigenvalue weighted by molar-refractivity contribution is 9.10. The summed E-state index contributed by atoms with van der Waals surface area (Å²) < 4.78 is 0.997. The molecule has 4 nitrogen and oxygen atoms in total. The summed E-state index contributed by atoms with van der Waals surface area (Å²) in [6, 6.07) is 12.6. The number of carbonyl (C=O) groups excluding carboxylic acids is 1. The lowest BCUT2D eigenvalue weighted by Crippen LogP contribution is -2.24. The van der Waals surface area contributed by atoms with E-state index >= 15 is 0 Å². The molecule has 1 amide bonds. The first-order chi connectivity index (χ1) is 9.60. The fourth-order valence-corrected chi connectivity index (χ4v) is 2.15. The third-order valence-corrected chi connectivity index (χ3v) is 3.51. The summed E-state index contributed by atoms with van der Waals surface area (Å²) in [5, 5.41) is 3.31. The van der Waals surface area contributed by atoms with Gasteiger partial charge in [-0.2, -0.15) is 0 Å². The first kappa shape index (κ1) is 14.8. The van der Waals surface area contributed by atoms with Gasteiger partial charge in [-0.3, -0.25) is 10.6 Å². The molecule has 0 saturated heterocycles. The molecule has 0 aliphatic carbocycles. The van der Waals surface area contributed by atoms with E-state index in [1.165, 1.54) is 0 Å². The number of nitrogen functional groups attached to an aromatic ring is 1. The van der Waals surface area contributed by atoms with Crippen molar-refractivity contribution in [2.45, 2.75) is 6.54 Å². The van der Waals surface area contributed by atoms with Crippen LogP contribution in [0.5, 0.6) is 0 Å². The Morgan fingerprint density at radius 3 is 2.55 bits per heavy atom. The molecule has 0 unspecified atom stereocenters. The van der Waals surface area contributed by atoms with Crippen molar-refractivity contribution in [3.8, 4) is 0 Å². The highest BCUT2D eigenvalue weighted by Crippen LogP contribution is 2.20. The summed E-state index contributed by atoms with van der Waals surface area (Å²) in [7, 11) is 0. The largest absolute Gasteiger partial charge is 0.348 e. The maximum absolute atomic E-state index is 12.1. The van der Waals surface area contributed by atoms with Crippen molar-refractivity contribution < 1.29 is 4.79 Å². The minimum Gasteiger partial charge on any atom is -0.348 e. The van der Waals surface area contributed by atoms with E-state index in [2.05, 4.69) is 26.7 Å². The number of hydrogen-bond donors (Lipinski definition) is 3. The van der Waals surface area contributed by atoms with Gasteiger partial charge in [-0.05, 0) is 35.9 Å². The summed E-state index contributed by atoms with van der Waals surface area (Å²) in [6.45, 7) is 0.433. The Kier molecular flexibility index (Phi) is 5.00. The van der Waals surface area contributed by atoms with Crippen LogP contribution in [0.4, 0.5) is 5.69 Å². The highest BCUT2D eigenvalue weighted by Gasteiger charge is 2.11. The normalized spacial score (nSPS) is 10.2. The van der Waals surface area contributed by atoms with Gasteiger partial charge >= 0.3 is 0 Å². The van der Waals surface area contributed by atoms with Crippen LogP contribution in [0.2, 0.25) is 5.02 Å². The number of hydrazine groups is 1. The number of anilines is 1. The molecule has 0 heterocycles. The molecule has 4 N–H and O–H groups in total. The van der Waals surface area contributed by atoms with Crippen LogP contribution < -0.4 is 16.6 Å². The Morgan fingerprint density at radius 1 is 1.20 bits per heavy atom. The molecule has 0 saturated carbocycles. The summed E-state index contributed by atoms with van der Waals surface area (Å²) >= 11 is 9.26. The maximum atomic E-state index is 12.1. The molecule has 0 aliphatic heterocycles. The van der Waals surface area contributed by atoms with Crippen LogP contribution >= 0.6 is 27.5 Å². The Bertz CT molecular complexity index is 616. The second-order valence-corrected chi connectivity index (χ2v) is 5.50. The monoisotopic (exact) mass is 353 g/mol. The van der Waals surface area contributed by atoms with Gasteiger partial charge in [0.05, 0.1) is 11.3 Å². The average Bonchev–Trinajstić information content (AvgIpc) is 2.46. The number of nitrogens with two attached hydrogens (primary N) is 1. The van der Waals surface area contributed by atoms with Crippen molar-refractivity contribution in [2.24, 2.45) is 5.84 Å². The quantitative estimate of drug-likeness (QED) is 0.583. The second kappa shape index (κ2) is 6.74. The number of rotatable bonds is 4. The summed E-state index contributed by atoms with van der Waals surface area (Å²) in [5.41, 5.74) is 4.43. The average molecular weight is 355 g/mol. The van der Waals surface area contributed by atoms with Gasteiger partial charge in [-0.25, -0.2) is 0 Å². The Morgan fingerprint density at radius 2 is 1.90 bits per heavy atom. The molecule has 0 radical (unpaired) electrons. The highest BCUT2D eigenvalue weighted by atomic mass is 79.9. The predicted molar refractivity (Wildman–Crippen MR) is 84.6 cm³/mol. The van der Waals surface area contributed by atoms with Crippen LogP contribution in [0.3, 0.4) is 0 Å². The van der Waals surface area contributed by atoms with Crippen molar-refractivity contribution in [3.05, 3.63) is 63.1 Å². The Labute approximate surface area is 130 Å². The van der Waals surface area contributed by atoms with Gasteiger partial charge < -0.3 is 10.7 Å². The summed E-state index contributed by atoms with van der Waals surface area (Å²) in [5.74, 6) is 5.15. The number of hydrogen-bond acceptors (Lipinski definition) is 3. The molecule has 2 aromatic carbocycles. The molecular formula is C14H13BrClN3O. The SMILES string of the molecule is NNc1ccc(Cl)cc1C(=O)NCc1ccc(Br)cc1. The Hall–Kier alpha value is -1.56. The standard InChI is InChI=1S/C14H13BrClN3O/c15-10-3-1-9(2-4-10)8-18-14(20)12-7-11(16)5-6-13(12)19-17/h1-7,19H,8,17H2,(H,18,20). The van der Waals surface area contributed by atoms with Crippen molar-refractivity contribution in [1.29, 1.82) is 0 Å². The van der Waals surface area contributed by atoms with Crippen molar-refractivity contribution in [1.82, 2.24) is 5.32 Å². The van der Waals surface area contributed by atoms with E-state index in [0.717, 1.165) is 10.0 Å². The molecule has 0 spiro atoms. The van der Waals surface area contributed by atoms with E-state index in [1.807, 2.05) is 24.3 Å². The number of halogens is 2. The number of benzene rings is 2. The maximum Gasteiger partial charge on any atom is 0.253 e. The third kappa shape index (κ3) is 3.72. The lowest BCUT2D eigenvalue weighted by molar-refractivity contribution is 0.0951. The molecule has 2 rings (SSSR count). The van der Waals surface area contributed by atoms with E-state index in [4.69, 9.17) is 17.4 Å². The van der Waals surface area contributed by atoms with Gasteiger partial charge in [0.2, 0.25) is 0 Å². The van der Waals surface area contributed by atoms with E-state index in [1.54, 1.807) is 18.2 Å². The lowest BCUT2D eigenvalue weighted by Gasteiger charge is -2.10. The van der Waals surface area contributed by atoms with E-state index in [0.29, 0.717) is 22.8 Å². The van der Waals surface area contributed by atoms with Gasteiger partial charge in [0.15, 0.2) is 0 Å². The molecule has 0 fully saturated rings. The number of nitrogens with one attached hydrogen (secondary N) is 2. The molecule has 20 heavy (non-hydrogen) atoms. The summed E-state index contributed by atoms with van der Waals surface area (Å²) in [6.07, 6.45) is 0. The van der Waals surface area contributed by atoms with Gasteiger partial charge in [-0.1, -0.05) is 39.7 Å². The van der Waals surface area contributed by atoms with E-state index in [9.17, 15) is 4.79 Å². The zero-order valence-electron chi connectivity index (χ0n) is 10.5. The minimum absolute atomic E-state index is 0.233. The zero-order valence-corrected chi connectivity index (χ0v) is 12.8. The molecule has 0 aliphatic rings. The fraction of sp³-hybridized carbons (Fsp3) is 0.0714. The van der Waals surface area contributed by atoms with Crippen LogP contribution in [0.1, 0.15) is 15.9 Å².